The zero-order valence-corrected chi connectivity index (χ0v) is 11.3. The Balaban J connectivity index is 1.88. The summed E-state index contributed by atoms with van der Waals surface area (Å²) in [6, 6.07) is 8.18. The predicted octanol–water partition coefficient (Wildman–Crippen LogP) is 2.61. The molecule has 1 aromatic heterocycles. The highest BCUT2D eigenvalue weighted by molar-refractivity contribution is 5.86. The van der Waals surface area contributed by atoms with Crippen molar-refractivity contribution in [2.24, 2.45) is 5.41 Å². The van der Waals surface area contributed by atoms with Gasteiger partial charge in [-0.25, -0.2) is 0 Å². The zero-order chi connectivity index (χ0) is 13.7. The molecule has 1 aromatic carbocycles. The summed E-state index contributed by atoms with van der Waals surface area (Å²) in [6.07, 6.45) is 3.52. The van der Waals surface area contributed by atoms with Gasteiger partial charge < -0.3 is 15.4 Å². The zero-order valence-electron chi connectivity index (χ0n) is 11.3. The molecule has 2 aromatic rings. The first-order chi connectivity index (χ1) is 9.72. The van der Waals surface area contributed by atoms with Crippen LogP contribution in [0.5, 0.6) is 0 Å². The lowest BCUT2D eigenvalue weighted by Gasteiger charge is -2.45. The highest BCUT2D eigenvalue weighted by Crippen LogP contribution is 2.52. The van der Waals surface area contributed by atoms with Crippen LogP contribution in [0.2, 0.25) is 0 Å². The largest absolute Gasteiger partial charge is 0.481 e. The van der Waals surface area contributed by atoms with Gasteiger partial charge in [0.1, 0.15) is 0 Å². The molecule has 3 N–H and O–H groups in total. The number of fused-ring (bicyclic) bond motifs is 3. The number of benzene rings is 1. The molecule has 0 bridgehead atoms. The molecular formula is C16H18N2O2. The number of H-pyrrole nitrogens is 1. The number of nitrogens with one attached hydrogen (secondary N) is 2. The van der Waals surface area contributed by atoms with Crippen LogP contribution in [-0.2, 0) is 11.2 Å². The number of carbonyl (C=O) groups is 1. The van der Waals surface area contributed by atoms with Crippen molar-refractivity contribution < 1.29 is 9.90 Å². The fourth-order valence-electron chi connectivity index (χ4n) is 3.84. The molecular weight excluding hydrogens is 252 g/mol. The van der Waals surface area contributed by atoms with Crippen LogP contribution >= 0.6 is 0 Å². The van der Waals surface area contributed by atoms with Gasteiger partial charge in [0.05, 0.1) is 11.5 Å². The lowest BCUT2D eigenvalue weighted by Crippen LogP contribution is -2.50. The summed E-state index contributed by atoms with van der Waals surface area (Å²) in [5, 5.41) is 14.4. The number of para-hydroxylation sites is 1. The van der Waals surface area contributed by atoms with E-state index in [-0.39, 0.29) is 6.04 Å². The molecule has 1 fully saturated rings. The van der Waals surface area contributed by atoms with E-state index < -0.39 is 11.4 Å². The van der Waals surface area contributed by atoms with Crippen molar-refractivity contribution in [3.8, 4) is 0 Å². The molecule has 4 heteroatoms. The molecule has 0 spiro atoms. The van der Waals surface area contributed by atoms with E-state index in [1.807, 2.05) is 12.1 Å². The average Bonchev–Trinajstić information content (AvgIpc) is 2.76. The number of aromatic amines is 1. The van der Waals surface area contributed by atoms with Gasteiger partial charge in [0, 0.05) is 16.6 Å². The summed E-state index contributed by atoms with van der Waals surface area (Å²) in [7, 11) is 0. The van der Waals surface area contributed by atoms with Gasteiger partial charge in [-0.3, -0.25) is 4.79 Å². The second-order valence-corrected chi connectivity index (χ2v) is 6.01. The topological polar surface area (TPSA) is 65.1 Å². The quantitative estimate of drug-likeness (QED) is 0.786. The highest BCUT2D eigenvalue weighted by Gasteiger charge is 2.52. The van der Waals surface area contributed by atoms with Crippen LogP contribution in [0.1, 0.15) is 36.6 Å². The number of aromatic nitrogens is 1. The van der Waals surface area contributed by atoms with Crippen molar-refractivity contribution in [1.29, 1.82) is 0 Å². The van der Waals surface area contributed by atoms with Crippen LogP contribution in [-0.4, -0.2) is 22.6 Å². The van der Waals surface area contributed by atoms with Crippen molar-refractivity contribution in [2.45, 2.75) is 31.7 Å². The van der Waals surface area contributed by atoms with Gasteiger partial charge in [-0.2, -0.15) is 0 Å². The second-order valence-electron chi connectivity index (χ2n) is 6.01. The third kappa shape index (κ3) is 1.43. The van der Waals surface area contributed by atoms with Gasteiger partial charge >= 0.3 is 5.97 Å². The molecule has 20 heavy (non-hydrogen) atoms. The SMILES string of the molecule is O=C(O)C1(C2NCCc3c2[nH]c2ccccc32)CCC1. The lowest BCUT2D eigenvalue weighted by molar-refractivity contribution is -0.158. The van der Waals surface area contributed by atoms with Gasteiger partial charge in [0.25, 0.3) is 0 Å². The number of hydrogen-bond acceptors (Lipinski definition) is 2. The Morgan fingerprint density at radius 3 is 2.80 bits per heavy atom. The number of carboxylic acid groups (broad SMARTS) is 1. The normalized spacial score (nSPS) is 24.1. The maximum Gasteiger partial charge on any atom is 0.311 e. The van der Waals surface area contributed by atoms with Crippen molar-refractivity contribution >= 4 is 16.9 Å². The number of rotatable bonds is 2. The Bertz CT molecular complexity index is 685. The summed E-state index contributed by atoms with van der Waals surface area (Å²) >= 11 is 0. The van der Waals surface area contributed by atoms with Crippen molar-refractivity contribution in [2.75, 3.05) is 6.54 Å². The molecule has 0 amide bonds. The van der Waals surface area contributed by atoms with Gasteiger partial charge in [-0.1, -0.05) is 24.6 Å². The van der Waals surface area contributed by atoms with Crippen molar-refractivity contribution in [3.63, 3.8) is 0 Å². The Hall–Kier alpha value is -1.81. The molecule has 2 heterocycles. The summed E-state index contributed by atoms with van der Waals surface area (Å²) in [5.41, 5.74) is 2.90. The van der Waals surface area contributed by atoms with E-state index in [1.165, 1.54) is 10.9 Å². The van der Waals surface area contributed by atoms with Crippen LogP contribution < -0.4 is 5.32 Å². The first-order valence-electron chi connectivity index (χ1n) is 7.29. The summed E-state index contributed by atoms with van der Waals surface area (Å²) in [6.45, 7) is 0.856. The first-order valence-corrected chi connectivity index (χ1v) is 7.29. The van der Waals surface area contributed by atoms with E-state index in [0.29, 0.717) is 0 Å². The molecule has 1 aliphatic carbocycles. The third-order valence-corrected chi connectivity index (χ3v) is 5.08. The number of aliphatic carboxylic acids is 1. The highest BCUT2D eigenvalue weighted by atomic mass is 16.4. The standard InChI is InChI=1S/C16H18N2O2/c19-15(20)16(7-3-8-16)14-13-11(6-9-17-14)10-4-1-2-5-12(10)18-13/h1-2,4-5,14,17-18H,3,6-9H2,(H,19,20). The molecule has 4 rings (SSSR count). The fourth-order valence-corrected chi connectivity index (χ4v) is 3.84. The minimum Gasteiger partial charge on any atom is -0.481 e. The summed E-state index contributed by atoms with van der Waals surface area (Å²) < 4.78 is 0. The molecule has 104 valence electrons. The molecule has 2 aliphatic rings. The lowest BCUT2D eigenvalue weighted by atomic mass is 9.62. The predicted molar refractivity (Wildman–Crippen MR) is 76.7 cm³/mol. The number of carboxylic acids is 1. The molecule has 0 radical (unpaired) electrons. The average molecular weight is 270 g/mol. The summed E-state index contributed by atoms with van der Waals surface area (Å²) in [5.74, 6) is -0.659. The van der Waals surface area contributed by atoms with Gasteiger partial charge in [0.15, 0.2) is 0 Å². The van der Waals surface area contributed by atoms with Crippen molar-refractivity contribution in [1.82, 2.24) is 10.3 Å². The summed E-state index contributed by atoms with van der Waals surface area (Å²) in [4.78, 5) is 15.2. The van der Waals surface area contributed by atoms with Crippen LogP contribution in [0.25, 0.3) is 10.9 Å². The monoisotopic (exact) mass is 270 g/mol. The van der Waals surface area contributed by atoms with Crippen LogP contribution in [0.3, 0.4) is 0 Å². The van der Waals surface area contributed by atoms with Crippen LogP contribution in [0, 0.1) is 5.41 Å². The van der Waals surface area contributed by atoms with Gasteiger partial charge in [-0.05, 0) is 37.4 Å². The van der Waals surface area contributed by atoms with Crippen molar-refractivity contribution in [3.05, 3.63) is 35.5 Å². The van der Waals surface area contributed by atoms with E-state index >= 15 is 0 Å². The maximum atomic E-state index is 11.8. The molecule has 1 atom stereocenters. The fraction of sp³-hybridized carbons (Fsp3) is 0.438. The second kappa shape index (κ2) is 4.09. The molecule has 1 saturated carbocycles. The maximum absolute atomic E-state index is 11.8. The molecule has 0 saturated heterocycles. The minimum atomic E-state index is -0.659. The third-order valence-electron chi connectivity index (χ3n) is 5.08. The van der Waals surface area contributed by atoms with E-state index in [4.69, 9.17) is 0 Å². The Morgan fingerprint density at radius 1 is 1.30 bits per heavy atom. The smallest absolute Gasteiger partial charge is 0.311 e. The van der Waals surface area contributed by atoms with E-state index in [9.17, 15) is 9.90 Å². The van der Waals surface area contributed by atoms with E-state index in [2.05, 4.69) is 22.4 Å². The Labute approximate surface area is 117 Å². The van der Waals surface area contributed by atoms with Crippen LogP contribution in [0.4, 0.5) is 0 Å². The Kier molecular flexibility index (Phi) is 2.45. The number of hydrogen-bond donors (Lipinski definition) is 3. The van der Waals surface area contributed by atoms with Gasteiger partial charge in [-0.15, -0.1) is 0 Å². The molecule has 4 nitrogen and oxygen atoms in total. The molecule has 1 aliphatic heterocycles. The minimum absolute atomic E-state index is 0.0788. The first kappa shape index (κ1) is 12.0. The Morgan fingerprint density at radius 2 is 2.10 bits per heavy atom. The van der Waals surface area contributed by atoms with Crippen LogP contribution in [0.15, 0.2) is 24.3 Å². The van der Waals surface area contributed by atoms with E-state index in [1.54, 1.807) is 0 Å². The molecule has 1 unspecified atom stereocenters. The van der Waals surface area contributed by atoms with Gasteiger partial charge in [0.2, 0.25) is 0 Å². The van der Waals surface area contributed by atoms with E-state index in [0.717, 1.165) is 43.4 Å².